The summed E-state index contributed by atoms with van der Waals surface area (Å²) in [5, 5.41) is 12.3. The van der Waals surface area contributed by atoms with Crippen molar-refractivity contribution in [2.24, 2.45) is 0 Å². The third kappa shape index (κ3) is 2.47. The van der Waals surface area contributed by atoms with Crippen molar-refractivity contribution in [2.45, 2.75) is 38.4 Å². The summed E-state index contributed by atoms with van der Waals surface area (Å²) in [4.78, 5) is 4.02. The van der Waals surface area contributed by atoms with E-state index in [9.17, 15) is 13.2 Å². The summed E-state index contributed by atoms with van der Waals surface area (Å²) in [5.74, 6) is 0. The summed E-state index contributed by atoms with van der Waals surface area (Å²) < 4.78 is 39.7. The summed E-state index contributed by atoms with van der Waals surface area (Å²) in [5.41, 5.74) is 0.690. The van der Waals surface area contributed by atoms with E-state index in [1.165, 1.54) is 0 Å². The minimum absolute atomic E-state index is 0.0479. The van der Waals surface area contributed by atoms with Crippen LogP contribution in [0.1, 0.15) is 37.1 Å². The van der Waals surface area contributed by atoms with Gasteiger partial charge in [-0.05, 0) is 50.5 Å². The molecular formula is C16H14F3N3. The molecule has 0 saturated heterocycles. The maximum absolute atomic E-state index is 13.2. The quantitative estimate of drug-likeness (QED) is 0.791. The number of nitrogens with zero attached hydrogens (tertiary/aromatic N) is 2. The molecule has 1 aliphatic heterocycles. The number of hydrogen-bond acceptors (Lipinski definition) is 3. The first-order valence-corrected chi connectivity index (χ1v) is 6.93. The molecule has 0 saturated carbocycles. The molecule has 0 spiro atoms. The van der Waals surface area contributed by atoms with Crippen LogP contribution in [0.3, 0.4) is 0 Å². The van der Waals surface area contributed by atoms with Crippen LogP contribution in [-0.2, 0) is 12.6 Å². The molecule has 0 radical (unpaired) electrons. The third-order valence-electron chi connectivity index (χ3n) is 3.95. The van der Waals surface area contributed by atoms with Gasteiger partial charge in [-0.2, -0.15) is 18.4 Å². The Hall–Kier alpha value is -2.29. The third-order valence-corrected chi connectivity index (χ3v) is 3.95. The number of rotatable bonds is 0. The minimum Gasteiger partial charge on any atom is -0.380 e. The van der Waals surface area contributed by atoms with Gasteiger partial charge in [0.2, 0.25) is 0 Å². The van der Waals surface area contributed by atoms with Crippen LogP contribution in [0.2, 0.25) is 0 Å². The van der Waals surface area contributed by atoms with Gasteiger partial charge in [0.15, 0.2) is 0 Å². The average Bonchev–Trinajstić information content (AvgIpc) is 2.42. The van der Waals surface area contributed by atoms with Crippen LogP contribution in [0, 0.1) is 11.3 Å². The molecule has 0 amide bonds. The summed E-state index contributed by atoms with van der Waals surface area (Å²) in [6.07, 6.45) is -2.96. The van der Waals surface area contributed by atoms with Gasteiger partial charge in [0.05, 0.1) is 11.1 Å². The lowest BCUT2D eigenvalue weighted by molar-refractivity contribution is -0.136. The highest BCUT2D eigenvalue weighted by molar-refractivity contribution is 5.88. The Balaban J connectivity index is 2.28. The zero-order valence-electron chi connectivity index (χ0n) is 12.2. The maximum atomic E-state index is 13.2. The van der Waals surface area contributed by atoms with Crippen LogP contribution in [0.25, 0.3) is 10.9 Å². The highest BCUT2D eigenvalue weighted by Crippen LogP contribution is 2.39. The Bertz CT molecular complexity index is 801. The summed E-state index contributed by atoms with van der Waals surface area (Å²) in [6, 6.07) is 5.67. The summed E-state index contributed by atoms with van der Waals surface area (Å²) >= 11 is 0. The van der Waals surface area contributed by atoms with E-state index in [4.69, 9.17) is 5.26 Å². The highest BCUT2D eigenvalue weighted by Gasteiger charge is 2.34. The number of pyridine rings is 1. The van der Waals surface area contributed by atoms with E-state index in [2.05, 4.69) is 10.3 Å². The van der Waals surface area contributed by atoms with Gasteiger partial charge in [-0.3, -0.25) is 0 Å². The highest BCUT2D eigenvalue weighted by atomic mass is 19.4. The molecule has 6 heteroatoms. The van der Waals surface area contributed by atoms with E-state index < -0.39 is 11.7 Å². The number of benzene rings is 1. The second kappa shape index (κ2) is 4.60. The summed E-state index contributed by atoms with van der Waals surface area (Å²) in [6.45, 7) is 4.08. The molecule has 3 nitrogen and oxygen atoms in total. The normalized spacial score (nSPS) is 16.7. The fourth-order valence-electron chi connectivity index (χ4n) is 2.81. The van der Waals surface area contributed by atoms with Crippen molar-refractivity contribution >= 4 is 16.6 Å². The standard InChI is InChI=1S/C16H14F3N3/c1-15(2)4-3-9-5-11-12(16(17,18)19)6-10(8-20)21-14(11)7-13(9)22-15/h5-7,22H,3-4H2,1-2H3. The van der Waals surface area contributed by atoms with Crippen LogP contribution in [0.4, 0.5) is 18.9 Å². The maximum Gasteiger partial charge on any atom is 0.417 e. The van der Waals surface area contributed by atoms with Crippen molar-refractivity contribution in [2.75, 3.05) is 5.32 Å². The lowest BCUT2D eigenvalue weighted by atomic mass is 9.88. The minimum atomic E-state index is -4.51. The van der Waals surface area contributed by atoms with E-state index in [-0.39, 0.29) is 22.1 Å². The van der Waals surface area contributed by atoms with Gasteiger partial charge in [-0.1, -0.05) is 0 Å². The molecule has 1 N–H and O–H groups in total. The molecule has 1 aromatic carbocycles. The molecule has 0 atom stereocenters. The molecule has 0 bridgehead atoms. The van der Waals surface area contributed by atoms with Crippen LogP contribution in [-0.4, -0.2) is 10.5 Å². The van der Waals surface area contributed by atoms with Gasteiger partial charge in [-0.15, -0.1) is 0 Å². The van der Waals surface area contributed by atoms with Crippen LogP contribution in [0.15, 0.2) is 18.2 Å². The topological polar surface area (TPSA) is 48.7 Å². The Morgan fingerprint density at radius 1 is 1.27 bits per heavy atom. The number of nitriles is 1. The van der Waals surface area contributed by atoms with E-state index in [0.717, 1.165) is 23.7 Å². The van der Waals surface area contributed by atoms with Crippen molar-refractivity contribution in [1.29, 1.82) is 5.26 Å². The van der Waals surface area contributed by atoms with E-state index in [1.807, 2.05) is 13.8 Å². The Morgan fingerprint density at radius 2 is 2.00 bits per heavy atom. The van der Waals surface area contributed by atoms with Crippen molar-refractivity contribution in [3.05, 3.63) is 35.0 Å². The molecule has 0 unspecified atom stereocenters. The number of aryl methyl sites for hydroxylation is 1. The number of fused-ring (bicyclic) bond motifs is 2. The molecule has 22 heavy (non-hydrogen) atoms. The first-order valence-electron chi connectivity index (χ1n) is 6.93. The number of hydrogen-bond donors (Lipinski definition) is 1. The zero-order valence-corrected chi connectivity index (χ0v) is 12.2. The molecule has 2 aromatic rings. The number of halogens is 3. The van der Waals surface area contributed by atoms with Gasteiger partial charge in [0.25, 0.3) is 0 Å². The van der Waals surface area contributed by atoms with Crippen molar-refractivity contribution in [1.82, 2.24) is 4.98 Å². The van der Waals surface area contributed by atoms with Gasteiger partial charge in [-0.25, -0.2) is 4.98 Å². The predicted molar refractivity (Wildman–Crippen MR) is 77.5 cm³/mol. The van der Waals surface area contributed by atoms with Crippen molar-refractivity contribution < 1.29 is 13.2 Å². The molecule has 1 aliphatic rings. The number of aromatic nitrogens is 1. The van der Waals surface area contributed by atoms with Crippen LogP contribution >= 0.6 is 0 Å². The Labute approximate surface area is 125 Å². The lowest BCUT2D eigenvalue weighted by Gasteiger charge is -2.34. The van der Waals surface area contributed by atoms with E-state index in [1.54, 1.807) is 18.2 Å². The van der Waals surface area contributed by atoms with Crippen molar-refractivity contribution in [3.63, 3.8) is 0 Å². The molecule has 1 aromatic heterocycles. The van der Waals surface area contributed by atoms with Gasteiger partial charge < -0.3 is 5.32 Å². The molecule has 3 rings (SSSR count). The SMILES string of the molecule is CC1(C)CCc2cc3c(C(F)(F)F)cc(C#N)nc3cc2N1. The average molecular weight is 305 g/mol. The second-order valence-corrected chi connectivity index (χ2v) is 6.20. The largest absolute Gasteiger partial charge is 0.417 e. The molecule has 0 aliphatic carbocycles. The van der Waals surface area contributed by atoms with Gasteiger partial charge in [0, 0.05) is 16.6 Å². The van der Waals surface area contributed by atoms with Crippen LogP contribution < -0.4 is 5.32 Å². The first kappa shape index (κ1) is 14.6. The molecule has 0 fully saturated rings. The van der Waals surface area contributed by atoms with Gasteiger partial charge in [0.1, 0.15) is 11.8 Å². The molecule has 114 valence electrons. The Morgan fingerprint density at radius 3 is 2.64 bits per heavy atom. The van der Waals surface area contributed by atoms with Crippen LogP contribution in [0.5, 0.6) is 0 Å². The zero-order chi connectivity index (χ0) is 16.1. The fraction of sp³-hybridized carbons (Fsp3) is 0.375. The number of nitrogens with one attached hydrogen (secondary N) is 1. The second-order valence-electron chi connectivity index (χ2n) is 6.20. The Kier molecular flexibility index (Phi) is 3.06. The number of anilines is 1. The molecule has 2 heterocycles. The van der Waals surface area contributed by atoms with E-state index >= 15 is 0 Å². The first-order chi connectivity index (χ1) is 10.2. The smallest absolute Gasteiger partial charge is 0.380 e. The van der Waals surface area contributed by atoms with E-state index in [0.29, 0.717) is 6.42 Å². The number of alkyl halides is 3. The monoisotopic (exact) mass is 305 g/mol. The van der Waals surface area contributed by atoms with Crippen molar-refractivity contribution in [3.8, 4) is 6.07 Å². The fourth-order valence-corrected chi connectivity index (χ4v) is 2.81. The predicted octanol–water partition coefficient (Wildman–Crippen LogP) is 4.26. The van der Waals surface area contributed by atoms with Gasteiger partial charge >= 0.3 is 6.18 Å². The summed E-state index contributed by atoms with van der Waals surface area (Å²) in [7, 11) is 0. The molecular weight excluding hydrogens is 291 g/mol. The lowest BCUT2D eigenvalue weighted by Crippen LogP contribution is -2.35.